The van der Waals surface area contributed by atoms with E-state index in [1.807, 2.05) is 0 Å². The summed E-state index contributed by atoms with van der Waals surface area (Å²) in [4.78, 5) is 2.33. The zero-order valence-corrected chi connectivity index (χ0v) is 9.75. The zero-order chi connectivity index (χ0) is 10.6. The first-order valence-electron chi connectivity index (χ1n) is 5.57. The fraction of sp³-hybridized carbons (Fsp3) is 1.00. The van der Waals surface area contributed by atoms with Crippen molar-refractivity contribution in [3.63, 3.8) is 0 Å². The molecule has 14 heavy (non-hydrogen) atoms. The molecule has 1 atom stereocenters. The van der Waals surface area contributed by atoms with Gasteiger partial charge in [0.15, 0.2) is 0 Å². The molecular weight excluding hydrogens is 176 g/mol. The second kappa shape index (κ2) is 5.10. The molecule has 2 N–H and O–H groups in total. The molecule has 84 valence electrons. The van der Waals surface area contributed by atoms with Crippen molar-refractivity contribution in [3.8, 4) is 0 Å². The maximum Gasteiger partial charge on any atom is 0.0659 e. The Kier molecular flexibility index (Phi) is 4.35. The largest absolute Gasteiger partial charge is 0.379 e. The van der Waals surface area contributed by atoms with Crippen molar-refractivity contribution < 1.29 is 4.74 Å². The van der Waals surface area contributed by atoms with Crippen molar-refractivity contribution in [1.29, 1.82) is 0 Å². The molecule has 1 rings (SSSR count). The van der Waals surface area contributed by atoms with Gasteiger partial charge < -0.3 is 15.4 Å². The fourth-order valence-corrected chi connectivity index (χ4v) is 1.84. The lowest BCUT2D eigenvalue weighted by atomic mass is 9.99. The van der Waals surface area contributed by atoms with Crippen molar-refractivity contribution in [2.45, 2.75) is 32.2 Å². The first kappa shape index (κ1) is 12.0. The standard InChI is InChI=1S/C11H24N2O/c1-10(2)4-6-13(3)8-11(12)5-7-14-9-11/h10H,4-9,12H2,1-3H3. The highest BCUT2D eigenvalue weighted by Gasteiger charge is 2.31. The highest BCUT2D eigenvalue weighted by molar-refractivity contribution is 4.90. The number of nitrogens with two attached hydrogens (primary N) is 1. The van der Waals surface area contributed by atoms with Gasteiger partial charge in [0, 0.05) is 13.2 Å². The number of nitrogens with zero attached hydrogens (tertiary/aromatic N) is 1. The number of ether oxygens (including phenoxy) is 1. The van der Waals surface area contributed by atoms with Crippen LogP contribution in [0.4, 0.5) is 0 Å². The zero-order valence-electron chi connectivity index (χ0n) is 9.75. The second-order valence-electron chi connectivity index (χ2n) is 5.09. The SMILES string of the molecule is CC(C)CCN(C)CC1(N)CCOC1. The van der Waals surface area contributed by atoms with Crippen molar-refractivity contribution in [3.05, 3.63) is 0 Å². The number of hydrogen-bond donors (Lipinski definition) is 1. The minimum Gasteiger partial charge on any atom is -0.379 e. The maximum atomic E-state index is 6.20. The first-order valence-corrected chi connectivity index (χ1v) is 5.57. The predicted molar refractivity (Wildman–Crippen MR) is 59.3 cm³/mol. The van der Waals surface area contributed by atoms with Gasteiger partial charge in [0.05, 0.1) is 12.1 Å². The van der Waals surface area contributed by atoms with Crippen LogP contribution < -0.4 is 5.73 Å². The van der Waals surface area contributed by atoms with E-state index in [1.54, 1.807) is 0 Å². The highest BCUT2D eigenvalue weighted by Crippen LogP contribution is 2.16. The van der Waals surface area contributed by atoms with E-state index >= 15 is 0 Å². The van der Waals surface area contributed by atoms with Gasteiger partial charge in [-0.15, -0.1) is 0 Å². The summed E-state index contributed by atoms with van der Waals surface area (Å²) in [6.45, 7) is 8.15. The molecule has 1 heterocycles. The molecular formula is C11H24N2O. The van der Waals surface area contributed by atoms with E-state index in [-0.39, 0.29) is 5.54 Å². The Morgan fingerprint density at radius 2 is 2.21 bits per heavy atom. The normalized spacial score (nSPS) is 27.9. The van der Waals surface area contributed by atoms with Crippen LogP contribution in [0, 0.1) is 5.92 Å². The van der Waals surface area contributed by atoms with E-state index in [0.29, 0.717) is 0 Å². The Balaban J connectivity index is 2.21. The van der Waals surface area contributed by atoms with E-state index in [2.05, 4.69) is 25.8 Å². The Morgan fingerprint density at radius 1 is 1.50 bits per heavy atom. The summed E-state index contributed by atoms with van der Waals surface area (Å²) in [5.41, 5.74) is 6.11. The molecule has 1 saturated heterocycles. The molecule has 1 unspecified atom stereocenters. The Morgan fingerprint density at radius 3 is 2.71 bits per heavy atom. The van der Waals surface area contributed by atoms with E-state index in [0.717, 1.165) is 38.6 Å². The second-order valence-corrected chi connectivity index (χ2v) is 5.09. The van der Waals surface area contributed by atoms with Crippen LogP contribution in [-0.4, -0.2) is 43.8 Å². The third-order valence-corrected chi connectivity index (χ3v) is 2.81. The Bertz CT molecular complexity index is 165. The van der Waals surface area contributed by atoms with Gasteiger partial charge in [-0.2, -0.15) is 0 Å². The maximum absolute atomic E-state index is 6.20. The van der Waals surface area contributed by atoms with E-state index < -0.39 is 0 Å². The molecule has 1 aliphatic rings. The molecule has 0 amide bonds. The summed E-state index contributed by atoms with van der Waals surface area (Å²) in [5.74, 6) is 0.769. The third-order valence-electron chi connectivity index (χ3n) is 2.81. The molecule has 0 radical (unpaired) electrons. The smallest absolute Gasteiger partial charge is 0.0659 e. The van der Waals surface area contributed by atoms with Gasteiger partial charge in [-0.05, 0) is 32.4 Å². The van der Waals surface area contributed by atoms with E-state index in [4.69, 9.17) is 10.5 Å². The molecule has 0 aliphatic carbocycles. The molecule has 0 aromatic heterocycles. The number of rotatable bonds is 5. The van der Waals surface area contributed by atoms with Gasteiger partial charge in [0.25, 0.3) is 0 Å². The highest BCUT2D eigenvalue weighted by atomic mass is 16.5. The topological polar surface area (TPSA) is 38.5 Å². The monoisotopic (exact) mass is 200 g/mol. The van der Waals surface area contributed by atoms with Gasteiger partial charge >= 0.3 is 0 Å². The van der Waals surface area contributed by atoms with Crippen LogP contribution >= 0.6 is 0 Å². The quantitative estimate of drug-likeness (QED) is 0.722. The molecule has 0 bridgehead atoms. The minimum absolute atomic E-state index is 0.0915. The number of hydrogen-bond acceptors (Lipinski definition) is 3. The van der Waals surface area contributed by atoms with Crippen molar-refractivity contribution >= 4 is 0 Å². The third kappa shape index (κ3) is 3.95. The Labute approximate surface area is 87.6 Å². The molecule has 0 aromatic carbocycles. The van der Waals surface area contributed by atoms with Gasteiger partial charge in [0.1, 0.15) is 0 Å². The van der Waals surface area contributed by atoms with Gasteiger partial charge in [0.2, 0.25) is 0 Å². The number of likely N-dealkylation sites (N-methyl/N-ethyl adjacent to an activating group) is 1. The van der Waals surface area contributed by atoms with Crippen LogP contribution in [-0.2, 0) is 4.74 Å². The summed E-state index contributed by atoms with van der Waals surface area (Å²) < 4.78 is 5.33. The molecule has 3 heteroatoms. The molecule has 0 aromatic rings. The minimum atomic E-state index is -0.0915. The van der Waals surface area contributed by atoms with E-state index in [9.17, 15) is 0 Å². The summed E-state index contributed by atoms with van der Waals surface area (Å²) in [6.07, 6.45) is 2.24. The average molecular weight is 200 g/mol. The summed E-state index contributed by atoms with van der Waals surface area (Å²) in [5, 5.41) is 0. The lowest BCUT2D eigenvalue weighted by molar-refractivity contribution is 0.160. The van der Waals surface area contributed by atoms with Crippen molar-refractivity contribution in [2.24, 2.45) is 11.7 Å². The first-order chi connectivity index (χ1) is 6.52. The molecule has 0 spiro atoms. The van der Waals surface area contributed by atoms with Crippen LogP contribution in [0.1, 0.15) is 26.7 Å². The van der Waals surface area contributed by atoms with E-state index in [1.165, 1.54) is 6.42 Å². The lowest BCUT2D eigenvalue weighted by Crippen LogP contribution is -2.50. The molecule has 0 saturated carbocycles. The van der Waals surface area contributed by atoms with Gasteiger partial charge in [-0.25, -0.2) is 0 Å². The summed E-state index contributed by atoms with van der Waals surface area (Å²) >= 11 is 0. The van der Waals surface area contributed by atoms with Gasteiger partial charge in [-0.1, -0.05) is 13.8 Å². The molecule has 1 aliphatic heterocycles. The molecule has 3 nitrogen and oxygen atoms in total. The van der Waals surface area contributed by atoms with Crippen LogP contribution in [0.5, 0.6) is 0 Å². The Hall–Kier alpha value is -0.120. The summed E-state index contributed by atoms with van der Waals surface area (Å²) in [6, 6.07) is 0. The van der Waals surface area contributed by atoms with Crippen LogP contribution in [0.25, 0.3) is 0 Å². The molecule has 1 fully saturated rings. The van der Waals surface area contributed by atoms with Crippen molar-refractivity contribution in [1.82, 2.24) is 4.90 Å². The van der Waals surface area contributed by atoms with Crippen molar-refractivity contribution in [2.75, 3.05) is 33.4 Å². The predicted octanol–water partition coefficient (Wildman–Crippen LogP) is 1.08. The van der Waals surface area contributed by atoms with Crippen LogP contribution in [0.3, 0.4) is 0 Å². The van der Waals surface area contributed by atoms with Crippen LogP contribution in [0.2, 0.25) is 0 Å². The fourth-order valence-electron chi connectivity index (χ4n) is 1.84. The lowest BCUT2D eigenvalue weighted by Gasteiger charge is -2.28. The summed E-state index contributed by atoms with van der Waals surface area (Å²) in [7, 11) is 2.15. The van der Waals surface area contributed by atoms with Gasteiger partial charge in [-0.3, -0.25) is 0 Å². The van der Waals surface area contributed by atoms with Crippen LogP contribution in [0.15, 0.2) is 0 Å². The average Bonchev–Trinajstić information content (AvgIpc) is 2.48.